The molecule has 1 aliphatic rings. The number of fused-ring (bicyclic) bond motifs is 1. The molecule has 3 nitrogen and oxygen atoms in total. The molecule has 5 aromatic rings. The topological polar surface area (TPSA) is 38.7 Å². The van der Waals surface area contributed by atoms with Crippen LogP contribution < -0.4 is 9.47 Å². The number of aliphatic hydroxyl groups excluding tert-OH is 1. The van der Waals surface area contributed by atoms with Crippen molar-refractivity contribution in [2.45, 2.75) is 106 Å². The summed E-state index contributed by atoms with van der Waals surface area (Å²) in [6.45, 7) is 15.2. The molecule has 6 rings (SSSR count). The standard InChI is InChI=1S/C11H16O.C10H14O.C10H12.C9H12O.C9H12/c1-4-5-10-7-6-9(2)11(8-10)12-3;1-3-6-9-7-4-5-8-10(9)11-2;1-8-5-6-9-3-2-4-10(9)7-8;1-8-2-4-9(5-3-8)6-7-10;1-3-9-6-4-8(2)5-7-9/h6-8H,4-5H2,1-3H3;4-5,7-8H,3,6H2,1-2H3;5-7H,2-4H2,1H3;2-5,10H,6-7H2,1H3;4-7H,3H2,1-2H3. The summed E-state index contributed by atoms with van der Waals surface area (Å²) in [4.78, 5) is 0. The number of hydrogen-bond donors (Lipinski definition) is 1. The molecule has 0 amide bonds. The quantitative estimate of drug-likeness (QED) is 0.166. The lowest BCUT2D eigenvalue weighted by molar-refractivity contribution is 0.299. The molecular formula is C49H66O3. The molecule has 0 radical (unpaired) electrons. The lowest BCUT2D eigenvalue weighted by atomic mass is 10.1. The largest absolute Gasteiger partial charge is 0.496 e. The average molecular weight is 703 g/mol. The molecule has 1 aliphatic carbocycles. The van der Waals surface area contributed by atoms with E-state index in [-0.39, 0.29) is 6.61 Å². The number of para-hydroxylation sites is 1. The van der Waals surface area contributed by atoms with Crippen LogP contribution in [0.5, 0.6) is 11.5 Å². The first-order chi connectivity index (χ1) is 25.2. The van der Waals surface area contributed by atoms with Gasteiger partial charge in [-0.3, -0.25) is 0 Å². The van der Waals surface area contributed by atoms with Crippen LogP contribution in [0.3, 0.4) is 0 Å². The first-order valence-corrected chi connectivity index (χ1v) is 19.2. The fourth-order valence-corrected chi connectivity index (χ4v) is 5.90. The molecule has 280 valence electrons. The molecule has 0 spiro atoms. The van der Waals surface area contributed by atoms with E-state index in [1.54, 1.807) is 25.3 Å². The summed E-state index contributed by atoms with van der Waals surface area (Å²) in [7, 11) is 3.44. The van der Waals surface area contributed by atoms with E-state index in [9.17, 15) is 0 Å². The maximum Gasteiger partial charge on any atom is 0.122 e. The van der Waals surface area contributed by atoms with E-state index in [2.05, 4.69) is 127 Å². The van der Waals surface area contributed by atoms with Crippen LogP contribution in [0.2, 0.25) is 0 Å². The third-order valence-electron chi connectivity index (χ3n) is 9.03. The van der Waals surface area contributed by atoms with Gasteiger partial charge in [0.15, 0.2) is 0 Å². The van der Waals surface area contributed by atoms with Crippen molar-refractivity contribution in [1.29, 1.82) is 0 Å². The summed E-state index contributed by atoms with van der Waals surface area (Å²) in [5.41, 5.74) is 13.7. The van der Waals surface area contributed by atoms with Gasteiger partial charge in [-0.05, 0) is 124 Å². The summed E-state index contributed by atoms with van der Waals surface area (Å²) in [6, 6.07) is 38.3. The van der Waals surface area contributed by atoms with Crippen LogP contribution in [-0.4, -0.2) is 25.9 Å². The smallest absolute Gasteiger partial charge is 0.122 e. The summed E-state index contributed by atoms with van der Waals surface area (Å²) in [5.74, 6) is 2.01. The van der Waals surface area contributed by atoms with Crippen molar-refractivity contribution in [3.05, 3.63) is 165 Å². The van der Waals surface area contributed by atoms with E-state index in [4.69, 9.17) is 14.6 Å². The predicted molar refractivity (Wildman–Crippen MR) is 224 cm³/mol. The van der Waals surface area contributed by atoms with E-state index in [1.807, 2.05) is 30.3 Å². The fourth-order valence-electron chi connectivity index (χ4n) is 5.90. The Morgan fingerprint density at radius 3 is 1.65 bits per heavy atom. The van der Waals surface area contributed by atoms with Crippen LogP contribution >= 0.6 is 0 Å². The van der Waals surface area contributed by atoms with Crippen LogP contribution in [0.25, 0.3) is 0 Å². The number of aryl methyl sites for hydroxylation is 9. The van der Waals surface area contributed by atoms with Crippen molar-refractivity contribution >= 4 is 0 Å². The van der Waals surface area contributed by atoms with Crippen LogP contribution in [-0.2, 0) is 38.5 Å². The Hall–Kier alpha value is -4.34. The van der Waals surface area contributed by atoms with Gasteiger partial charge in [0.25, 0.3) is 0 Å². The van der Waals surface area contributed by atoms with E-state index in [0.717, 1.165) is 37.2 Å². The second kappa shape index (κ2) is 25.6. The highest BCUT2D eigenvalue weighted by Gasteiger charge is 2.08. The Labute approximate surface area is 317 Å². The minimum atomic E-state index is 0.239. The third-order valence-corrected chi connectivity index (χ3v) is 9.03. The van der Waals surface area contributed by atoms with Gasteiger partial charge < -0.3 is 14.6 Å². The van der Waals surface area contributed by atoms with Crippen LogP contribution in [0.15, 0.2) is 109 Å². The Morgan fingerprint density at radius 1 is 0.519 bits per heavy atom. The van der Waals surface area contributed by atoms with E-state index >= 15 is 0 Å². The summed E-state index contributed by atoms with van der Waals surface area (Å²) in [5, 5.41) is 8.59. The van der Waals surface area contributed by atoms with Gasteiger partial charge in [0.05, 0.1) is 14.2 Å². The van der Waals surface area contributed by atoms with Gasteiger partial charge >= 0.3 is 0 Å². The molecule has 0 bridgehead atoms. The van der Waals surface area contributed by atoms with Gasteiger partial charge in [-0.2, -0.15) is 0 Å². The molecule has 0 aromatic heterocycles. The maximum absolute atomic E-state index is 8.59. The molecule has 0 aliphatic heterocycles. The minimum Gasteiger partial charge on any atom is -0.496 e. The van der Waals surface area contributed by atoms with Crippen molar-refractivity contribution in [1.82, 2.24) is 0 Å². The van der Waals surface area contributed by atoms with Gasteiger partial charge in [0.2, 0.25) is 0 Å². The maximum atomic E-state index is 8.59. The Morgan fingerprint density at radius 2 is 1.08 bits per heavy atom. The van der Waals surface area contributed by atoms with Gasteiger partial charge in [-0.1, -0.05) is 147 Å². The van der Waals surface area contributed by atoms with Gasteiger partial charge in [-0.25, -0.2) is 0 Å². The van der Waals surface area contributed by atoms with E-state index < -0.39 is 0 Å². The number of hydrogen-bond acceptors (Lipinski definition) is 3. The highest BCUT2D eigenvalue weighted by Crippen LogP contribution is 2.22. The SMILES string of the molecule is CCCc1ccc(C)c(OC)c1.CCCc1ccccc1OC.CCc1ccc(C)cc1.Cc1ccc(CCO)cc1.Cc1ccc2c(c1)CCC2. The minimum absolute atomic E-state index is 0.239. The Bertz CT molecular complexity index is 1670. The monoisotopic (exact) mass is 703 g/mol. The first kappa shape index (κ1) is 43.8. The average Bonchev–Trinajstić information content (AvgIpc) is 3.63. The van der Waals surface area contributed by atoms with E-state index in [1.165, 1.54) is 76.6 Å². The highest BCUT2D eigenvalue weighted by molar-refractivity contribution is 5.37. The number of rotatable bonds is 9. The lowest BCUT2D eigenvalue weighted by Gasteiger charge is -2.06. The van der Waals surface area contributed by atoms with Gasteiger partial charge in [-0.15, -0.1) is 0 Å². The van der Waals surface area contributed by atoms with Crippen LogP contribution in [0, 0.1) is 27.7 Å². The lowest BCUT2D eigenvalue weighted by Crippen LogP contribution is -1.90. The third kappa shape index (κ3) is 16.8. The van der Waals surface area contributed by atoms with Gasteiger partial charge in [0, 0.05) is 6.61 Å². The first-order valence-electron chi connectivity index (χ1n) is 19.2. The van der Waals surface area contributed by atoms with Crippen molar-refractivity contribution in [3.8, 4) is 11.5 Å². The van der Waals surface area contributed by atoms with Crippen molar-refractivity contribution < 1.29 is 14.6 Å². The molecule has 0 unspecified atom stereocenters. The number of aliphatic hydroxyl groups is 1. The molecule has 1 N–H and O–H groups in total. The van der Waals surface area contributed by atoms with Crippen molar-refractivity contribution in [2.75, 3.05) is 20.8 Å². The summed E-state index contributed by atoms with van der Waals surface area (Å²) < 4.78 is 10.4. The molecule has 52 heavy (non-hydrogen) atoms. The number of ether oxygens (including phenoxy) is 2. The predicted octanol–water partition coefficient (Wildman–Crippen LogP) is 12.2. The summed E-state index contributed by atoms with van der Waals surface area (Å²) in [6.07, 6.45) is 10.5. The normalized spacial score (nSPS) is 10.8. The fraction of sp³-hybridized carbons (Fsp3) is 0.388. The molecule has 0 saturated carbocycles. The zero-order chi connectivity index (χ0) is 38.1. The summed E-state index contributed by atoms with van der Waals surface area (Å²) >= 11 is 0. The number of methoxy groups -OCH3 is 2. The molecular weight excluding hydrogens is 637 g/mol. The molecule has 0 atom stereocenters. The second-order valence-corrected chi connectivity index (χ2v) is 13.5. The Kier molecular flexibility index (Phi) is 21.6. The number of benzene rings is 5. The zero-order valence-corrected chi connectivity index (χ0v) is 33.7. The molecule has 0 fully saturated rings. The van der Waals surface area contributed by atoms with Gasteiger partial charge in [0.1, 0.15) is 11.5 Å². The Balaban J connectivity index is 0.000000226. The van der Waals surface area contributed by atoms with Crippen LogP contribution in [0.1, 0.15) is 95.7 Å². The molecule has 0 heterocycles. The molecule has 3 heteroatoms. The van der Waals surface area contributed by atoms with E-state index in [0.29, 0.717) is 0 Å². The molecule has 0 saturated heterocycles. The van der Waals surface area contributed by atoms with Crippen molar-refractivity contribution in [2.24, 2.45) is 0 Å². The second-order valence-electron chi connectivity index (χ2n) is 13.5. The van der Waals surface area contributed by atoms with Crippen molar-refractivity contribution in [3.63, 3.8) is 0 Å². The zero-order valence-electron chi connectivity index (χ0n) is 33.7. The van der Waals surface area contributed by atoms with Crippen LogP contribution in [0.4, 0.5) is 0 Å². The highest BCUT2D eigenvalue weighted by atomic mass is 16.5. The molecule has 5 aromatic carbocycles.